The second kappa shape index (κ2) is 6.18. The van der Waals surface area contributed by atoms with Crippen LogP contribution in [0.3, 0.4) is 0 Å². The number of hydrogen-bond acceptors (Lipinski definition) is 4. The zero-order chi connectivity index (χ0) is 12.0. The molecule has 1 amide bonds. The van der Waals surface area contributed by atoms with Crippen molar-refractivity contribution in [2.24, 2.45) is 11.1 Å². The zero-order valence-corrected chi connectivity index (χ0v) is 9.95. The number of amides is 1. The SMILES string of the molecule is COCC[C@]1(CO)CCCN(CC(N)=O)C1. The van der Waals surface area contributed by atoms with Crippen molar-refractivity contribution >= 4 is 5.91 Å². The fourth-order valence-electron chi connectivity index (χ4n) is 2.40. The molecule has 1 aliphatic heterocycles. The molecule has 0 aromatic heterocycles. The quantitative estimate of drug-likeness (QED) is 0.650. The number of aliphatic hydroxyl groups excluding tert-OH is 1. The highest BCUT2D eigenvalue weighted by Crippen LogP contribution is 2.32. The first kappa shape index (κ1) is 13.4. The Balaban J connectivity index is 2.53. The maximum absolute atomic E-state index is 10.9. The lowest BCUT2D eigenvalue weighted by Crippen LogP contribution is -2.48. The van der Waals surface area contributed by atoms with Crippen LogP contribution in [0.4, 0.5) is 0 Å². The van der Waals surface area contributed by atoms with E-state index in [-0.39, 0.29) is 24.5 Å². The van der Waals surface area contributed by atoms with Gasteiger partial charge in [0.15, 0.2) is 0 Å². The maximum atomic E-state index is 10.9. The summed E-state index contributed by atoms with van der Waals surface area (Å²) >= 11 is 0. The zero-order valence-electron chi connectivity index (χ0n) is 9.95. The molecule has 1 fully saturated rings. The highest BCUT2D eigenvalue weighted by molar-refractivity contribution is 5.75. The van der Waals surface area contributed by atoms with Gasteiger partial charge in [-0.15, -0.1) is 0 Å². The average Bonchev–Trinajstić information content (AvgIpc) is 2.26. The van der Waals surface area contributed by atoms with E-state index in [1.807, 2.05) is 4.90 Å². The molecule has 94 valence electrons. The van der Waals surface area contributed by atoms with Crippen molar-refractivity contribution in [1.29, 1.82) is 0 Å². The first-order valence-electron chi connectivity index (χ1n) is 5.72. The van der Waals surface area contributed by atoms with Gasteiger partial charge in [0, 0.05) is 25.7 Å². The summed E-state index contributed by atoms with van der Waals surface area (Å²) in [5, 5.41) is 9.52. The van der Waals surface area contributed by atoms with Gasteiger partial charge in [0.1, 0.15) is 0 Å². The molecular weight excluding hydrogens is 208 g/mol. The van der Waals surface area contributed by atoms with Crippen LogP contribution < -0.4 is 5.73 Å². The Hall–Kier alpha value is -0.650. The van der Waals surface area contributed by atoms with E-state index >= 15 is 0 Å². The average molecular weight is 230 g/mol. The van der Waals surface area contributed by atoms with Crippen LogP contribution in [0, 0.1) is 5.41 Å². The third-order valence-electron chi connectivity index (χ3n) is 3.29. The van der Waals surface area contributed by atoms with Crippen LogP contribution in [-0.4, -0.2) is 55.9 Å². The van der Waals surface area contributed by atoms with Crippen molar-refractivity contribution in [3.63, 3.8) is 0 Å². The molecule has 0 spiro atoms. The molecule has 0 saturated carbocycles. The maximum Gasteiger partial charge on any atom is 0.231 e. The van der Waals surface area contributed by atoms with Crippen molar-refractivity contribution in [3.8, 4) is 0 Å². The number of methoxy groups -OCH3 is 1. The van der Waals surface area contributed by atoms with Crippen molar-refractivity contribution in [2.45, 2.75) is 19.3 Å². The number of aliphatic hydroxyl groups is 1. The molecule has 1 atom stereocenters. The minimum Gasteiger partial charge on any atom is -0.396 e. The Kier molecular flexibility index (Phi) is 5.18. The van der Waals surface area contributed by atoms with Gasteiger partial charge in [0.05, 0.1) is 13.2 Å². The summed E-state index contributed by atoms with van der Waals surface area (Å²) in [5.74, 6) is -0.305. The molecule has 1 heterocycles. The summed E-state index contributed by atoms with van der Waals surface area (Å²) in [5.41, 5.74) is 5.06. The van der Waals surface area contributed by atoms with Gasteiger partial charge in [0.2, 0.25) is 5.91 Å². The van der Waals surface area contributed by atoms with Gasteiger partial charge < -0.3 is 15.6 Å². The van der Waals surface area contributed by atoms with Crippen molar-refractivity contribution in [2.75, 3.05) is 40.0 Å². The minimum atomic E-state index is -0.305. The van der Waals surface area contributed by atoms with Crippen LogP contribution in [-0.2, 0) is 9.53 Å². The van der Waals surface area contributed by atoms with Crippen molar-refractivity contribution < 1.29 is 14.6 Å². The lowest BCUT2D eigenvalue weighted by Gasteiger charge is -2.41. The molecule has 0 aromatic rings. The smallest absolute Gasteiger partial charge is 0.231 e. The number of nitrogens with zero attached hydrogens (tertiary/aromatic N) is 1. The summed E-state index contributed by atoms with van der Waals surface area (Å²) in [4.78, 5) is 12.9. The van der Waals surface area contributed by atoms with Gasteiger partial charge in [-0.3, -0.25) is 9.69 Å². The lowest BCUT2D eigenvalue weighted by atomic mass is 9.78. The number of primary amides is 1. The summed E-state index contributed by atoms with van der Waals surface area (Å²) in [6.45, 7) is 2.69. The molecule has 16 heavy (non-hydrogen) atoms. The second-order valence-corrected chi connectivity index (χ2v) is 4.68. The molecule has 0 aliphatic carbocycles. The summed E-state index contributed by atoms with van der Waals surface area (Å²) in [6, 6.07) is 0. The molecule has 0 unspecified atom stereocenters. The molecule has 1 rings (SSSR count). The van der Waals surface area contributed by atoms with E-state index in [2.05, 4.69) is 0 Å². The first-order chi connectivity index (χ1) is 7.62. The summed E-state index contributed by atoms with van der Waals surface area (Å²) < 4.78 is 5.07. The third-order valence-corrected chi connectivity index (χ3v) is 3.29. The van der Waals surface area contributed by atoms with E-state index in [4.69, 9.17) is 10.5 Å². The second-order valence-electron chi connectivity index (χ2n) is 4.68. The molecule has 1 saturated heterocycles. The number of nitrogens with two attached hydrogens (primary N) is 1. The predicted octanol–water partition coefficient (Wildman–Crippen LogP) is -0.417. The Morgan fingerprint density at radius 3 is 2.94 bits per heavy atom. The Morgan fingerprint density at radius 1 is 1.62 bits per heavy atom. The van der Waals surface area contributed by atoms with Crippen LogP contribution in [0.5, 0.6) is 0 Å². The summed E-state index contributed by atoms with van der Waals surface area (Å²) in [7, 11) is 1.66. The van der Waals surface area contributed by atoms with Crippen LogP contribution in [0.15, 0.2) is 0 Å². The Bertz CT molecular complexity index is 235. The van der Waals surface area contributed by atoms with E-state index < -0.39 is 0 Å². The van der Waals surface area contributed by atoms with Gasteiger partial charge in [-0.25, -0.2) is 0 Å². The topological polar surface area (TPSA) is 75.8 Å². The first-order valence-corrected chi connectivity index (χ1v) is 5.72. The molecular formula is C11H22N2O3. The number of hydrogen-bond donors (Lipinski definition) is 2. The monoisotopic (exact) mass is 230 g/mol. The van der Waals surface area contributed by atoms with Crippen LogP contribution in [0.1, 0.15) is 19.3 Å². The normalized spacial score (nSPS) is 26.9. The molecule has 0 aromatic carbocycles. The van der Waals surface area contributed by atoms with Crippen molar-refractivity contribution in [1.82, 2.24) is 4.90 Å². The van der Waals surface area contributed by atoms with Gasteiger partial charge in [0.25, 0.3) is 0 Å². The lowest BCUT2D eigenvalue weighted by molar-refractivity contribution is -0.120. The van der Waals surface area contributed by atoms with E-state index in [9.17, 15) is 9.90 Å². The standard InChI is InChI=1S/C11H22N2O3/c1-16-6-4-11(9-14)3-2-5-13(8-11)7-10(12)15/h14H,2-9H2,1H3,(H2,12,15)/t11-/m1/s1. The number of carbonyl (C=O) groups excluding carboxylic acids is 1. The van der Waals surface area contributed by atoms with E-state index in [1.165, 1.54) is 0 Å². The third kappa shape index (κ3) is 3.73. The number of rotatable bonds is 6. The molecule has 1 aliphatic rings. The highest BCUT2D eigenvalue weighted by Gasteiger charge is 2.34. The fraction of sp³-hybridized carbons (Fsp3) is 0.909. The number of likely N-dealkylation sites (tertiary alicyclic amines) is 1. The van der Waals surface area contributed by atoms with Crippen LogP contribution in [0.2, 0.25) is 0 Å². The minimum absolute atomic E-state index is 0.121. The largest absolute Gasteiger partial charge is 0.396 e. The van der Waals surface area contributed by atoms with Gasteiger partial charge in [-0.05, 0) is 25.8 Å². The number of piperidine rings is 1. The van der Waals surface area contributed by atoms with Gasteiger partial charge in [-0.2, -0.15) is 0 Å². The molecule has 0 bridgehead atoms. The van der Waals surface area contributed by atoms with Crippen LogP contribution in [0.25, 0.3) is 0 Å². The Morgan fingerprint density at radius 2 is 2.38 bits per heavy atom. The number of ether oxygens (including phenoxy) is 1. The highest BCUT2D eigenvalue weighted by atomic mass is 16.5. The number of carbonyl (C=O) groups is 1. The van der Waals surface area contributed by atoms with E-state index in [1.54, 1.807) is 7.11 Å². The fourth-order valence-corrected chi connectivity index (χ4v) is 2.40. The van der Waals surface area contributed by atoms with E-state index in [0.29, 0.717) is 6.61 Å². The van der Waals surface area contributed by atoms with Gasteiger partial charge in [-0.1, -0.05) is 0 Å². The predicted molar refractivity (Wildman–Crippen MR) is 60.9 cm³/mol. The van der Waals surface area contributed by atoms with Crippen molar-refractivity contribution in [3.05, 3.63) is 0 Å². The Labute approximate surface area is 96.6 Å². The molecule has 0 radical (unpaired) electrons. The summed E-state index contributed by atoms with van der Waals surface area (Å²) in [6.07, 6.45) is 2.81. The van der Waals surface area contributed by atoms with Gasteiger partial charge >= 0.3 is 0 Å². The van der Waals surface area contributed by atoms with Crippen LogP contribution >= 0.6 is 0 Å². The van der Waals surface area contributed by atoms with E-state index in [0.717, 1.165) is 32.4 Å². The molecule has 5 nitrogen and oxygen atoms in total. The molecule has 5 heteroatoms. The molecule has 3 N–H and O–H groups in total.